The summed E-state index contributed by atoms with van der Waals surface area (Å²) in [5.41, 5.74) is 0.830. The number of carbonyl (C=O) groups excluding carboxylic acids is 1. The van der Waals surface area contributed by atoms with E-state index in [4.69, 9.17) is 14.2 Å². The second-order valence-corrected chi connectivity index (χ2v) is 6.76. The van der Waals surface area contributed by atoms with E-state index in [0.29, 0.717) is 30.3 Å². The summed E-state index contributed by atoms with van der Waals surface area (Å²) in [5, 5.41) is 0. The summed E-state index contributed by atoms with van der Waals surface area (Å²) >= 11 is 0. The van der Waals surface area contributed by atoms with Crippen molar-refractivity contribution in [3.8, 4) is 5.75 Å². The summed E-state index contributed by atoms with van der Waals surface area (Å²) < 4.78 is 42.0. The van der Waals surface area contributed by atoms with E-state index in [0.717, 1.165) is 0 Å². The van der Waals surface area contributed by atoms with Crippen LogP contribution in [0.1, 0.15) is 0 Å². The predicted molar refractivity (Wildman–Crippen MR) is 85.5 cm³/mol. The number of likely N-dealkylation sites (N-methyl/N-ethyl adjacent to an activating group) is 1. The number of para-hydroxylation sites is 1. The van der Waals surface area contributed by atoms with Crippen molar-refractivity contribution in [2.75, 3.05) is 56.0 Å². The fraction of sp³-hybridized carbons (Fsp3) is 0.500. The van der Waals surface area contributed by atoms with Crippen molar-refractivity contribution < 1.29 is 27.4 Å². The maximum absolute atomic E-state index is 12.1. The first kappa shape index (κ1) is 17.5. The molecule has 1 amide bonds. The number of amides is 1. The van der Waals surface area contributed by atoms with Crippen LogP contribution in [-0.2, 0) is 24.3 Å². The van der Waals surface area contributed by atoms with Gasteiger partial charge >= 0.3 is 0 Å². The fourth-order valence-electron chi connectivity index (χ4n) is 2.02. The molecule has 1 heterocycles. The Balaban J connectivity index is 2.04. The van der Waals surface area contributed by atoms with Gasteiger partial charge in [0.2, 0.25) is 10.0 Å². The zero-order chi connectivity index (χ0) is 16.9. The van der Waals surface area contributed by atoms with Crippen LogP contribution < -0.4 is 14.4 Å². The minimum Gasteiger partial charge on any atom is -0.479 e. The monoisotopic (exact) mass is 344 g/mol. The first-order valence-corrected chi connectivity index (χ1v) is 8.69. The van der Waals surface area contributed by atoms with Crippen molar-refractivity contribution in [3.63, 3.8) is 0 Å². The lowest BCUT2D eigenvalue weighted by Crippen LogP contribution is -2.35. The number of hydrogen-bond acceptors (Lipinski definition) is 6. The van der Waals surface area contributed by atoms with E-state index in [-0.39, 0.29) is 24.9 Å². The number of hydrogen-bond donors (Lipinski definition) is 1. The van der Waals surface area contributed by atoms with Gasteiger partial charge in [-0.2, -0.15) is 0 Å². The van der Waals surface area contributed by atoms with Gasteiger partial charge in [0.1, 0.15) is 0 Å². The lowest BCUT2D eigenvalue weighted by molar-refractivity contribution is -0.120. The van der Waals surface area contributed by atoms with E-state index < -0.39 is 10.0 Å². The van der Waals surface area contributed by atoms with Gasteiger partial charge in [0.05, 0.1) is 36.9 Å². The molecule has 1 N–H and O–H groups in total. The van der Waals surface area contributed by atoms with E-state index in [1.54, 1.807) is 32.4 Å². The maximum Gasteiger partial charge on any atom is 0.264 e. The van der Waals surface area contributed by atoms with Crippen LogP contribution in [0.15, 0.2) is 18.2 Å². The highest BCUT2D eigenvalue weighted by atomic mass is 32.2. The van der Waals surface area contributed by atoms with Gasteiger partial charge in [0.25, 0.3) is 5.91 Å². The largest absolute Gasteiger partial charge is 0.479 e. The van der Waals surface area contributed by atoms with Gasteiger partial charge in [-0.3, -0.25) is 9.52 Å². The molecule has 1 aromatic carbocycles. The minimum absolute atomic E-state index is 0.0625. The molecular weight excluding hydrogens is 324 g/mol. The maximum atomic E-state index is 12.1. The molecule has 0 spiro atoms. The SMILES string of the molecule is COCCOCCS(=O)(=O)Nc1cccc2c1OCC(=O)N2C. The molecule has 1 aliphatic rings. The predicted octanol–water partition coefficient (Wildman–Crippen LogP) is 0.447. The number of rotatable bonds is 8. The fourth-order valence-corrected chi connectivity index (χ4v) is 2.95. The first-order chi connectivity index (χ1) is 10.9. The molecule has 0 saturated carbocycles. The third kappa shape index (κ3) is 4.57. The Morgan fingerprint density at radius 3 is 2.83 bits per heavy atom. The molecule has 0 radical (unpaired) electrons. The van der Waals surface area contributed by atoms with Crippen molar-refractivity contribution in [2.45, 2.75) is 0 Å². The molecule has 0 unspecified atom stereocenters. The first-order valence-electron chi connectivity index (χ1n) is 7.04. The summed E-state index contributed by atoms with van der Waals surface area (Å²) in [4.78, 5) is 13.1. The number of ether oxygens (including phenoxy) is 3. The average Bonchev–Trinajstić information content (AvgIpc) is 2.51. The van der Waals surface area contributed by atoms with Gasteiger partial charge in [-0.25, -0.2) is 8.42 Å². The van der Waals surface area contributed by atoms with Crippen molar-refractivity contribution >= 4 is 27.3 Å². The molecular formula is C14H20N2O6S. The zero-order valence-electron chi connectivity index (χ0n) is 13.1. The summed E-state index contributed by atoms with van der Waals surface area (Å²) in [5.74, 6) is -0.0302. The molecule has 128 valence electrons. The van der Waals surface area contributed by atoms with Crippen LogP contribution in [0.3, 0.4) is 0 Å². The number of anilines is 2. The Kier molecular flexibility index (Phi) is 5.80. The second-order valence-electron chi connectivity index (χ2n) is 4.92. The number of carbonyl (C=O) groups is 1. The number of methoxy groups -OCH3 is 1. The van der Waals surface area contributed by atoms with Crippen molar-refractivity contribution in [1.29, 1.82) is 0 Å². The topological polar surface area (TPSA) is 94.2 Å². The van der Waals surface area contributed by atoms with Gasteiger partial charge in [-0.05, 0) is 12.1 Å². The minimum atomic E-state index is -3.59. The Morgan fingerprint density at radius 1 is 1.30 bits per heavy atom. The molecule has 23 heavy (non-hydrogen) atoms. The van der Waals surface area contributed by atoms with Crippen molar-refractivity contribution in [2.24, 2.45) is 0 Å². The molecule has 0 saturated heterocycles. The van der Waals surface area contributed by atoms with Gasteiger partial charge in [-0.1, -0.05) is 6.07 Å². The van der Waals surface area contributed by atoms with E-state index in [2.05, 4.69) is 4.72 Å². The molecule has 1 aromatic rings. The molecule has 0 aromatic heterocycles. The lowest BCUT2D eigenvalue weighted by Gasteiger charge is -2.27. The number of nitrogens with one attached hydrogen (secondary N) is 1. The molecule has 0 fully saturated rings. The van der Waals surface area contributed by atoms with Crippen LogP contribution in [0.5, 0.6) is 5.75 Å². The van der Waals surface area contributed by atoms with Gasteiger partial charge in [0.15, 0.2) is 12.4 Å². The third-order valence-electron chi connectivity index (χ3n) is 3.26. The number of fused-ring (bicyclic) bond motifs is 1. The van der Waals surface area contributed by atoms with Crippen LogP contribution in [-0.4, -0.2) is 60.7 Å². The van der Waals surface area contributed by atoms with Crippen LogP contribution in [0.25, 0.3) is 0 Å². The van der Waals surface area contributed by atoms with Crippen molar-refractivity contribution in [1.82, 2.24) is 0 Å². The standard InChI is InChI=1S/C14H20N2O6S/c1-16-12-5-3-4-11(14(12)22-10-13(16)17)15-23(18,19)9-8-21-7-6-20-2/h3-5,15H,6-10H2,1-2H3. The Bertz CT molecular complexity index is 661. The van der Waals surface area contributed by atoms with Gasteiger partial charge < -0.3 is 19.1 Å². The molecule has 2 rings (SSSR count). The lowest BCUT2D eigenvalue weighted by atomic mass is 10.2. The van der Waals surface area contributed by atoms with Crippen LogP contribution >= 0.6 is 0 Å². The van der Waals surface area contributed by atoms with E-state index in [1.807, 2.05) is 0 Å². The molecule has 9 heteroatoms. The normalized spacial score (nSPS) is 14.3. The highest BCUT2D eigenvalue weighted by Gasteiger charge is 2.25. The Hall–Kier alpha value is -1.84. The highest BCUT2D eigenvalue weighted by Crippen LogP contribution is 2.38. The summed E-state index contributed by atoms with van der Waals surface area (Å²) in [6.07, 6.45) is 0. The quantitative estimate of drug-likeness (QED) is 0.688. The molecule has 0 bridgehead atoms. The summed E-state index contributed by atoms with van der Waals surface area (Å²) in [6, 6.07) is 4.94. The highest BCUT2D eigenvalue weighted by molar-refractivity contribution is 7.92. The number of sulfonamides is 1. The van der Waals surface area contributed by atoms with Crippen molar-refractivity contribution in [3.05, 3.63) is 18.2 Å². The second kappa shape index (κ2) is 7.62. The smallest absolute Gasteiger partial charge is 0.264 e. The third-order valence-corrected chi connectivity index (χ3v) is 4.50. The van der Waals surface area contributed by atoms with Crippen LogP contribution in [0.4, 0.5) is 11.4 Å². The van der Waals surface area contributed by atoms with Gasteiger partial charge in [-0.15, -0.1) is 0 Å². The van der Waals surface area contributed by atoms with E-state index >= 15 is 0 Å². The zero-order valence-corrected chi connectivity index (χ0v) is 13.9. The molecule has 1 aliphatic heterocycles. The number of benzene rings is 1. The number of nitrogens with zero attached hydrogens (tertiary/aromatic N) is 1. The molecule has 0 atom stereocenters. The Labute approximate surface area is 135 Å². The van der Waals surface area contributed by atoms with Gasteiger partial charge in [0, 0.05) is 14.2 Å². The van der Waals surface area contributed by atoms with Crippen LogP contribution in [0.2, 0.25) is 0 Å². The van der Waals surface area contributed by atoms with E-state index in [1.165, 1.54) is 4.90 Å². The molecule has 8 nitrogen and oxygen atoms in total. The summed E-state index contributed by atoms with van der Waals surface area (Å²) in [6.45, 7) is 0.686. The Morgan fingerprint density at radius 2 is 2.09 bits per heavy atom. The van der Waals surface area contributed by atoms with Crippen LogP contribution in [0, 0.1) is 0 Å². The van der Waals surface area contributed by atoms with E-state index in [9.17, 15) is 13.2 Å². The summed E-state index contributed by atoms with van der Waals surface area (Å²) in [7, 11) is -0.425. The molecule has 0 aliphatic carbocycles. The average molecular weight is 344 g/mol.